The maximum Gasteiger partial charge on any atom is 0.229 e. The van der Waals surface area contributed by atoms with E-state index in [1.54, 1.807) is 11.0 Å². The van der Waals surface area contributed by atoms with E-state index in [4.69, 9.17) is 10.5 Å². The molecular formula is C14H20N2O4S. The molecule has 1 aliphatic heterocycles. The predicted octanol–water partition coefficient (Wildman–Crippen LogP) is 0.800. The fourth-order valence-electron chi connectivity index (χ4n) is 2.20. The van der Waals surface area contributed by atoms with Gasteiger partial charge in [-0.15, -0.1) is 0 Å². The van der Waals surface area contributed by atoms with Crippen molar-refractivity contribution in [2.45, 2.75) is 18.7 Å². The predicted molar refractivity (Wildman–Crippen MR) is 80.2 cm³/mol. The number of amides is 1. The molecule has 1 heterocycles. The van der Waals surface area contributed by atoms with Crippen molar-refractivity contribution < 1.29 is 17.9 Å². The number of hydrogen-bond donors (Lipinski definition) is 1. The van der Waals surface area contributed by atoms with Crippen molar-refractivity contribution >= 4 is 21.4 Å². The molecule has 0 aromatic heterocycles. The van der Waals surface area contributed by atoms with Crippen LogP contribution in [-0.4, -0.2) is 39.8 Å². The van der Waals surface area contributed by atoms with Crippen LogP contribution in [0.25, 0.3) is 0 Å². The van der Waals surface area contributed by atoms with Gasteiger partial charge in [0.05, 0.1) is 22.9 Å². The molecule has 1 aromatic rings. The summed E-state index contributed by atoms with van der Waals surface area (Å²) in [6.07, 6.45) is 0. The number of carbonyl (C=O) groups is 1. The molecule has 0 saturated carbocycles. The second kappa shape index (κ2) is 6.03. The number of ether oxygens (including phenoxy) is 1. The molecule has 0 spiro atoms. The highest BCUT2D eigenvalue weighted by atomic mass is 32.2. The second-order valence-electron chi connectivity index (χ2n) is 5.23. The maximum absolute atomic E-state index is 12.2. The molecule has 1 amide bonds. The van der Waals surface area contributed by atoms with Crippen LogP contribution in [0.4, 0.5) is 5.69 Å². The highest BCUT2D eigenvalue weighted by Crippen LogP contribution is 2.34. The summed E-state index contributed by atoms with van der Waals surface area (Å²) in [5.74, 6) is 0.195. The van der Waals surface area contributed by atoms with E-state index in [0.29, 0.717) is 24.6 Å². The Morgan fingerprint density at radius 3 is 2.76 bits per heavy atom. The van der Waals surface area contributed by atoms with Crippen LogP contribution in [0, 0.1) is 5.92 Å². The minimum atomic E-state index is -3.43. The fourth-order valence-corrected chi connectivity index (χ4v) is 3.32. The molecule has 0 unspecified atom stereocenters. The van der Waals surface area contributed by atoms with E-state index in [0.717, 1.165) is 0 Å². The number of carbonyl (C=O) groups excluding carboxylic acids is 1. The number of fused-ring (bicyclic) bond motifs is 1. The Hall–Kier alpha value is -1.60. The molecule has 21 heavy (non-hydrogen) atoms. The van der Waals surface area contributed by atoms with Crippen LogP contribution in [-0.2, 0) is 14.6 Å². The normalized spacial score (nSPS) is 14.8. The minimum Gasteiger partial charge on any atom is -0.490 e. The fraction of sp³-hybridized carbons (Fsp3) is 0.500. The lowest BCUT2D eigenvalue weighted by Crippen LogP contribution is -2.40. The van der Waals surface area contributed by atoms with Crippen LogP contribution in [0.15, 0.2) is 23.1 Å². The molecule has 2 N–H and O–H groups in total. The standard InChI is InChI=1S/C14H20N2O4S/c1-10(2)14(17)16-6-7-20-13-4-3-11(9-12(13)16)21(18,19)8-5-15/h3-4,9-10H,5-8,15H2,1-2H3. The van der Waals surface area contributed by atoms with Crippen molar-refractivity contribution in [3.8, 4) is 5.75 Å². The number of anilines is 1. The van der Waals surface area contributed by atoms with Gasteiger partial charge in [0.25, 0.3) is 0 Å². The van der Waals surface area contributed by atoms with Gasteiger partial charge in [-0.1, -0.05) is 13.8 Å². The van der Waals surface area contributed by atoms with E-state index in [1.807, 2.05) is 13.8 Å². The van der Waals surface area contributed by atoms with Crippen molar-refractivity contribution in [1.29, 1.82) is 0 Å². The van der Waals surface area contributed by atoms with Crippen LogP contribution in [0.1, 0.15) is 13.8 Å². The van der Waals surface area contributed by atoms with Crippen LogP contribution in [0.5, 0.6) is 5.75 Å². The molecular weight excluding hydrogens is 292 g/mol. The molecule has 0 aliphatic carbocycles. The highest BCUT2D eigenvalue weighted by molar-refractivity contribution is 7.91. The number of rotatable bonds is 4. The topological polar surface area (TPSA) is 89.7 Å². The first-order valence-corrected chi connectivity index (χ1v) is 8.53. The smallest absolute Gasteiger partial charge is 0.229 e. The monoisotopic (exact) mass is 312 g/mol. The van der Waals surface area contributed by atoms with Crippen LogP contribution < -0.4 is 15.4 Å². The van der Waals surface area contributed by atoms with Gasteiger partial charge in [0, 0.05) is 12.5 Å². The summed E-state index contributed by atoms with van der Waals surface area (Å²) in [5, 5.41) is 0. The molecule has 1 aliphatic rings. The minimum absolute atomic E-state index is 0.0482. The van der Waals surface area contributed by atoms with Crippen LogP contribution in [0.3, 0.4) is 0 Å². The second-order valence-corrected chi connectivity index (χ2v) is 7.34. The Bertz CT molecular complexity index is 640. The summed E-state index contributed by atoms with van der Waals surface area (Å²) in [5.41, 5.74) is 5.85. The Morgan fingerprint density at radius 1 is 1.43 bits per heavy atom. The molecule has 0 atom stereocenters. The number of sulfone groups is 1. The molecule has 0 bridgehead atoms. The van der Waals surface area contributed by atoms with Crippen LogP contribution in [0.2, 0.25) is 0 Å². The highest BCUT2D eigenvalue weighted by Gasteiger charge is 2.27. The van der Waals surface area contributed by atoms with E-state index in [-0.39, 0.29) is 29.0 Å². The molecule has 2 rings (SSSR count). The number of benzene rings is 1. The zero-order valence-electron chi connectivity index (χ0n) is 12.2. The number of hydrogen-bond acceptors (Lipinski definition) is 5. The molecule has 0 fully saturated rings. The van der Waals surface area contributed by atoms with Gasteiger partial charge in [0.15, 0.2) is 9.84 Å². The summed E-state index contributed by atoms with van der Waals surface area (Å²) in [6.45, 7) is 4.51. The van der Waals surface area contributed by atoms with Crippen molar-refractivity contribution in [2.75, 3.05) is 30.3 Å². The Labute approximate surface area is 124 Å². The van der Waals surface area contributed by atoms with Gasteiger partial charge in [-0.3, -0.25) is 4.79 Å². The van der Waals surface area contributed by atoms with E-state index in [2.05, 4.69) is 0 Å². The Morgan fingerprint density at radius 2 is 2.14 bits per heavy atom. The molecule has 0 radical (unpaired) electrons. The van der Waals surface area contributed by atoms with E-state index >= 15 is 0 Å². The van der Waals surface area contributed by atoms with E-state index < -0.39 is 9.84 Å². The first-order chi connectivity index (χ1) is 9.86. The third-order valence-electron chi connectivity index (χ3n) is 3.30. The average Bonchev–Trinajstić information content (AvgIpc) is 2.45. The largest absolute Gasteiger partial charge is 0.490 e. The summed E-state index contributed by atoms with van der Waals surface area (Å²) >= 11 is 0. The first-order valence-electron chi connectivity index (χ1n) is 6.88. The Balaban J connectivity index is 2.45. The zero-order chi connectivity index (χ0) is 15.6. The summed E-state index contributed by atoms with van der Waals surface area (Å²) in [4.78, 5) is 14.0. The number of nitrogens with two attached hydrogens (primary N) is 1. The van der Waals surface area contributed by atoms with Gasteiger partial charge in [-0.05, 0) is 18.2 Å². The van der Waals surface area contributed by atoms with Gasteiger partial charge in [-0.25, -0.2) is 8.42 Å². The quantitative estimate of drug-likeness (QED) is 0.888. The summed E-state index contributed by atoms with van der Waals surface area (Å²) in [7, 11) is -3.43. The maximum atomic E-state index is 12.2. The lowest BCUT2D eigenvalue weighted by atomic mass is 10.1. The summed E-state index contributed by atoms with van der Waals surface area (Å²) in [6, 6.07) is 4.59. The van der Waals surface area contributed by atoms with Crippen molar-refractivity contribution in [2.24, 2.45) is 11.7 Å². The lowest BCUT2D eigenvalue weighted by Gasteiger charge is -2.31. The van der Waals surface area contributed by atoms with Gasteiger partial charge in [0.2, 0.25) is 5.91 Å². The van der Waals surface area contributed by atoms with Gasteiger partial charge >= 0.3 is 0 Å². The van der Waals surface area contributed by atoms with Gasteiger partial charge in [-0.2, -0.15) is 0 Å². The van der Waals surface area contributed by atoms with Gasteiger partial charge in [0.1, 0.15) is 12.4 Å². The number of nitrogens with zero attached hydrogens (tertiary/aromatic N) is 1. The lowest BCUT2D eigenvalue weighted by molar-refractivity contribution is -0.121. The SMILES string of the molecule is CC(C)C(=O)N1CCOc2ccc(S(=O)(=O)CCN)cc21. The molecule has 116 valence electrons. The molecule has 7 heteroatoms. The van der Waals surface area contributed by atoms with Crippen LogP contribution >= 0.6 is 0 Å². The molecule has 0 saturated heterocycles. The first kappa shape index (κ1) is 15.8. The van der Waals surface area contributed by atoms with Crippen molar-refractivity contribution in [1.82, 2.24) is 0 Å². The third kappa shape index (κ3) is 3.19. The van der Waals surface area contributed by atoms with Crippen molar-refractivity contribution in [3.05, 3.63) is 18.2 Å². The third-order valence-corrected chi connectivity index (χ3v) is 5.04. The Kier molecular flexibility index (Phi) is 4.53. The average molecular weight is 312 g/mol. The van der Waals surface area contributed by atoms with Crippen molar-refractivity contribution in [3.63, 3.8) is 0 Å². The molecule has 6 nitrogen and oxygen atoms in total. The van der Waals surface area contributed by atoms with E-state index in [9.17, 15) is 13.2 Å². The summed E-state index contributed by atoms with van der Waals surface area (Å²) < 4.78 is 29.7. The van der Waals surface area contributed by atoms with Gasteiger partial charge < -0.3 is 15.4 Å². The zero-order valence-corrected chi connectivity index (χ0v) is 13.0. The molecule has 1 aromatic carbocycles. The van der Waals surface area contributed by atoms with E-state index in [1.165, 1.54) is 12.1 Å².